The van der Waals surface area contributed by atoms with E-state index in [-0.39, 0.29) is 29.1 Å². The fraction of sp³-hybridized carbons (Fsp3) is 0.211. The fourth-order valence-electron chi connectivity index (χ4n) is 2.98. The van der Waals surface area contributed by atoms with E-state index >= 15 is 0 Å². The number of fused-ring (bicyclic) bond motifs is 1. The molecule has 6 nitrogen and oxygen atoms in total. The number of carbonyl (C=O) groups is 1. The summed E-state index contributed by atoms with van der Waals surface area (Å²) in [6.45, 7) is 1.81. The molecule has 0 saturated heterocycles. The number of benzene rings is 2. The van der Waals surface area contributed by atoms with Crippen molar-refractivity contribution in [1.29, 1.82) is 0 Å². The van der Waals surface area contributed by atoms with Crippen molar-refractivity contribution in [3.63, 3.8) is 0 Å². The van der Waals surface area contributed by atoms with Gasteiger partial charge >= 0.3 is 0 Å². The average Bonchev–Trinajstić information content (AvgIpc) is 3.01. The van der Waals surface area contributed by atoms with E-state index in [1.165, 1.54) is 24.3 Å². The van der Waals surface area contributed by atoms with Gasteiger partial charge in [-0.05, 0) is 48.4 Å². The van der Waals surface area contributed by atoms with Gasteiger partial charge in [-0.2, -0.15) is 0 Å². The van der Waals surface area contributed by atoms with Gasteiger partial charge in [0.2, 0.25) is 15.9 Å². The second kappa shape index (κ2) is 7.13. The van der Waals surface area contributed by atoms with E-state index < -0.39 is 10.0 Å². The molecular weight excluding hydrogens is 369 g/mol. The van der Waals surface area contributed by atoms with Crippen molar-refractivity contribution in [3.05, 3.63) is 65.6 Å². The smallest absolute Gasteiger partial charge is 0.238 e. The highest BCUT2D eigenvalue weighted by Gasteiger charge is 2.20. The van der Waals surface area contributed by atoms with Gasteiger partial charge in [0, 0.05) is 24.1 Å². The summed E-state index contributed by atoms with van der Waals surface area (Å²) in [4.78, 5) is 17.2. The third-order valence-electron chi connectivity index (χ3n) is 4.71. The number of H-pyrrole nitrogens is 1. The average molecular weight is 389 g/mol. The van der Waals surface area contributed by atoms with Crippen LogP contribution in [0.2, 0.25) is 0 Å². The fourth-order valence-corrected chi connectivity index (χ4v) is 3.55. The lowest BCUT2D eigenvalue weighted by Gasteiger charge is -2.25. The molecule has 0 aliphatic heterocycles. The van der Waals surface area contributed by atoms with E-state index in [9.17, 15) is 17.6 Å². The first-order valence-electron chi connectivity index (χ1n) is 8.31. The number of primary sulfonamides is 1. The molecule has 0 radical (unpaired) electrons. The van der Waals surface area contributed by atoms with Crippen LogP contribution in [0, 0.1) is 5.82 Å². The van der Waals surface area contributed by atoms with Crippen LogP contribution in [-0.4, -0.2) is 31.3 Å². The van der Waals surface area contributed by atoms with Crippen LogP contribution in [0.1, 0.15) is 24.1 Å². The summed E-state index contributed by atoms with van der Waals surface area (Å²) in [6.07, 6.45) is 1.84. The van der Waals surface area contributed by atoms with E-state index in [0.29, 0.717) is 11.1 Å². The Bertz CT molecular complexity index is 1110. The van der Waals surface area contributed by atoms with Crippen LogP contribution >= 0.6 is 0 Å². The summed E-state index contributed by atoms with van der Waals surface area (Å²) >= 11 is 0. The first kappa shape index (κ1) is 19.1. The summed E-state index contributed by atoms with van der Waals surface area (Å²) in [5.41, 5.74) is 2.07. The normalized spacial score (nSPS) is 12.9. The molecule has 0 aliphatic carbocycles. The number of carbonyl (C=O) groups excluding carboxylic acids is 1. The monoisotopic (exact) mass is 389 g/mol. The molecule has 0 fully saturated rings. The minimum atomic E-state index is -3.81. The molecule has 3 rings (SSSR count). The zero-order valence-corrected chi connectivity index (χ0v) is 15.8. The molecule has 0 bridgehead atoms. The molecule has 27 heavy (non-hydrogen) atoms. The number of hydrogen-bond donors (Lipinski definition) is 2. The van der Waals surface area contributed by atoms with Crippen LogP contribution in [0.15, 0.2) is 53.6 Å². The highest BCUT2D eigenvalue weighted by atomic mass is 32.2. The number of sulfonamides is 1. The molecule has 0 aliphatic rings. The SMILES string of the molecule is CC(c1cccc(S(N)(=O)=O)c1)N(C)C(=O)Cc1c[nH]c2cc(F)ccc12. The summed E-state index contributed by atoms with van der Waals surface area (Å²) in [6, 6.07) is 10.3. The molecule has 1 atom stereocenters. The molecule has 0 spiro atoms. The minimum Gasteiger partial charge on any atom is -0.361 e. The topological polar surface area (TPSA) is 96.3 Å². The molecule has 1 unspecified atom stereocenters. The van der Waals surface area contributed by atoms with Crippen molar-refractivity contribution < 1.29 is 17.6 Å². The van der Waals surface area contributed by atoms with Gasteiger partial charge < -0.3 is 9.88 Å². The Kier molecular flexibility index (Phi) is 5.03. The number of rotatable bonds is 5. The highest BCUT2D eigenvalue weighted by Crippen LogP contribution is 2.24. The number of likely N-dealkylation sites (N-methyl/N-ethyl adjacent to an activating group) is 1. The van der Waals surface area contributed by atoms with E-state index in [0.717, 1.165) is 10.9 Å². The standard InChI is InChI=1S/C19H20FN3O3S/c1-12(13-4-3-5-16(8-13)27(21,25)26)23(2)19(24)9-14-11-22-18-10-15(20)6-7-17(14)18/h3-8,10-12,22H,9H2,1-2H3,(H2,21,25,26). The van der Waals surface area contributed by atoms with Crippen molar-refractivity contribution in [2.75, 3.05) is 7.05 Å². The second-order valence-corrected chi connectivity index (χ2v) is 8.04. The first-order valence-corrected chi connectivity index (χ1v) is 9.85. The zero-order valence-electron chi connectivity index (χ0n) is 14.9. The number of aromatic nitrogens is 1. The minimum absolute atomic E-state index is 0.00588. The van der Waals surface area contributed by atoms with Crippen molar-refractivity contribution in [1.82, 2.24) is 9.88 Å². The molecule has 142 valence electrons. The van der Waals surface area contributed by atoms with Crippen LogP contribution in [0.3, 0.4) is 0 Å². The number of aromatic amines is 1. The maximum Gasteiger partial charge on any atom is 0.238 e. The van der Waals surface area contributed by atoms with Crippen LogP contribution in [0.5, 0.6) is 0 Å². The van der Waals surface area contributed by atoms with Crippen molar-refractivity contribution in [3.8, 4) is 0 Å². The van der Waals surface area contributed by atoms with Gasteiger partial charge in [-0.25, -0.2) is 17.9 Å². The largest absolute Gasteiger partial charge is 0.361 e. The molecule has 3 N–H and O–H groups in total. The number of hydrogen-bond acceptors (Lipinski definition) is 3. The third kappa shape index (κ3) is 4.01. The van der Waals surface area contributed by atoms with Crippen LogP contribution in [0.4, 0.5) is 4.39 Å². The van der Waals surface area contributed by atoms with Gasteiger partial charge in [0.05, 0.1) is 17.4 Å². The lowest BCUT2D eigenvalue weighted by molar-refractivity contribution is -0.131. The Morgan fingerprint density at radius 1 is 1.26 bits per heavy atom. The Morgan fingerprint density at radius 3 is 2.70 bits per heavy atom. The zero-order chi connectivity index (χ0) is 19.8. The summed E-state index contributed by atoms with van der Waals surface area (Å²) in [5, 5.41) is 5.97. The maximum atomic E-state index is 13.3. The Hall–Kier alpha value is -2.71. The molecule has 8 heteroatoms. The quantitative estimate of drug-likeness (QED) is 0.702. The van der Waals surface area contributed by atoms with E-state index in [4.69, 9.17) is 5.14 Å². The van der Waals surface area contributed by atoms with Gasteiger partial charge in [0.15, 0.2) is 0 Å². The number of nitrogens with one attached hydrogen (secondary N) is 1. The lowest BCUT2D eigenvalue weighted by atomic mass is 10.1. The van der Waals surface area contributed by atoms with Gasteiger partial charge in [-0.15, -0.1) is 0 Å². The number of nitrogens with two attached hydrogens (primary N) is 1. The molecule has 0 saturated carbocycles. The summed E-state index contributed by atoms with van der Waals surface area (Å²) in [7, 11) is -2.15. The Morgan fingerprint density at radius 2 is 2.00 bits per heavy atom. The van der Waals surface area contributed by atoms with Crippen molar-refractivity contribution in [2.24, 2.45) is 5.14 Å². The Labute approximate surface area is 156 Å². The van der Waals surface area contributed by atoms with E-state index in [1.54, 1.807) is 36.3 Å². The predicted molar refractivity (Wildman–Crippen MR) is 101 cm³/mol. The summed E-state index contributed by atoms with van der Waals surface area (Å²) < 4.78 is 36.4. The molecule has 1 aromatic heterocycles. The highest BCUT2D eigenvalue weighted by molar-refractivity contribution is 7.89. The Balaban J connectivity index is 1.80. The van der Waals surface area contributed by atoms with Crippen LogP contribution in [-0.2, 0) is 21.2 Å². The molecule has 3 aromatic rings. The van der Waals surface area contributed by atoms with Gasteiger partial charge in [0.1, 0.15) is 5.82 Å². The van der Waals surface area contributed by atoms with Crippen LogP contribution < -0.4 is 5.14 Å². The molecule has 1 amide bonds. The van der Waals surface area contributed by atoms with E-state index in [2.05, 4.69) is 4.98 Å². The molecular formula is C19H20FN3O3S. The third-order valence-corrected chi connectivity index (χ3v) is 5.63. The maximum absolute atomic E-state index is 13.3. The summed E-state index contributed by atoms with van der Waals surface area (Å²) in [5.74, 6) is -0.489. The van der Waals surface area contributed by atoms with Crippen molar-refractivity contribution in [2.45, 2.75) is 24.3 Å². The van der Waals surface area contributed by atoms with E-state index in [1.807, 2.05) is 6.92 Å². The predicted octanol–water partition coefficient (Wildman–Crippen LogP) is 2.72. The van der Waals surface area contributed by atoms with Crippen molar-refractivity contribution >= 4 is 26.8 Å². The number of amides is 1. The van der Waals surface area contributed by atoms with Crippen LogP contribution in [0.25, 0.3) is 10.9 Å². The first-order chi connectivity index (χ1) is 12.7. The van der Waals surface area contributed by atoms with Gasteiger partial charge in [-0.1, -0.05) is 12.1 Å². The molecule has 1 heterocycles. The number of nitrogens with zero attached hydrogens (tertiary/aromatic N) is 1. The molecule has 2 aromatic carbocycles. The number of halogens is 1. The van der Waals surface area contributed by atoms with Gasteiger partial charge in [-0.3, -0.25) is 4.79 Å². The van der Waals surface area contributed by atoms with Gasteiger partial charge in [0.25, 0.3) is 0 Å². The second-order valence-electron chi connectivity index (χ2n) is 6.48. The lowest BCUT2D eigenvalue weighted by Crippen LogP contribution is -2.31.